The predicted molar refractivity (Wildman–Crippen MR) is 129 cm³/mol. The number of rotatable bonds is 7. The van der Waals surface area contributed by atoms with E-state index >= 15 is 0 Å². The zero-order valence-corrected chi connectivity index (χ0v) is 19.4. The molecule has 0 bridgehead atoms. The average Bonchev–Trinajstić information content (AvgIpc) is 2.81. The van der Waals surface area contributed by atoms with E-state index in [9.17, 15) is 19.7 Å². The number of nitro benzene ring substituents is 1. The second kappa shape index (κ2) is 10.6. The molecular formula is C24H20BrN3O5. The highest BCUT2D eigenvalue weighted by molar-refractivity contribution is 9.10. The third-order valence-corrected chi connectivity index (χ3v) is 5.56. The minimum absolute atomic E-state index is 0.0414. The van der Waals surface area contributed by atoms with E-state index in [0.717, 1.165) is 10.0 Å². The van der Waals surface area contributed by atoms with Gasteiger partial charge in [0.05, 0.1) is 17.6 Å². The van der Waals surface area contributed by atoms with Crippen molar-refractivity contribution in [2.24, 2.45) is 0 Å². The van der Waals surface area contributed by atoms with Gasteiger partial charge in [0, 0.05) is 22.3 Å². The minimum atomic E-state index is -0.557. The Morgan fingerprint density at radius 1 is 1.06 bits per heavy atom. The maximum absolute atomic E-state index is 13.1. The number of carbonyl (C=O) groups excluding carboxylic acids is 2. The van der Waals surface area contributed by atoms with Crippen LogP contribution in [0.1, 0.15) is 21.5 Å². The summed E-state index contributed by atoms with van der Waals surface area (Å²) in [4.78, 5) is 36.4. The van der Waals surface area contributed by atoms with E-state index in [0.29, 0.717) is 17.0 Å². The van der Waals surface area contributed by atoms with Crippen molar-refractivity contribution in [3.8, 4) is 5.75 Å². The number of nitro groups is 1. The third-order valence-electron chi connectivity index (χ3n) is 4.68. The number of ether oxygens (including phenoxy) is 1. The summed E-state index contributed by atoms with van der Waals surface area (Å²) < 4.78 is 6.13. The highest BCUT2D eigenvalue weighted by atomic mass is 79.9. The van der Waals surface area contributed by atoms with Crippen LogP contribution in [0.25, 0.3) is 6.08 Å². The van der Waals surface area contributed by atoms with Gasteiger partial charge in [-0.05, 0) is 66.6 Å². The number of hydrogen-bond acceptors (Lipinski definition) is 5. The Balaban J connectivity index is 1.94. The first-order chi connectivity index (χ1) is 15.8. The van der Waals surface area contributed by atoms with E-state index < -0.39 is 16.7 Å². The van der Waals surface area contributed by atoms with Crippen LogP contribution in [0, 0.1) is 17.0 Å². The molecule has 3 aromatic rings. The molecule has 0 aliphatic carbocycles. The Bertz CT molecular complexity index is 1240. The van der Waals surface area contributed by atoms with Crippen LogP contribution in [-0.4, -0.2) is 23.8 Å². The zero-order chi connectivity index (χ0) is 24.0. The first-order valence-electron chi connectivity index (χ1n) is 9.76. The SMILES string of the molecule is COc1ccccc1C(=O)NC(=Cc1ccc([N+](=O)[O-])cc1)C(=O)Nc1ccc(Br)c(C)c1. The van der Waals surface area contributed by atoms with Crippen LogP contribution in [0.4, 0.5) is 11.4 Å². The van der Waals surface area contributed by atoms with Crippen LogP contribution < -0.4 is 15.4 Å². The number of methoxy groups -OCH3 is 1. The standard InChI is InChI=1S/C24H20BrN3O5/c1-15-13-17(9-12-20(15)25)26-24(30)21(14-16-7-10-18(11-8-16)28(31)32)27-23(29)19-5-3-4-6-22(19)33-2/h3-14H,1-2H3,(H,26,30)(H,27,29). The number of benzene rings is 3. The quantitative estimate of drug-likeness (QED) is 0.262. The Morgan fingerprint density at radius 2 is 1.76 bits per heavy atom. The highest BCUT2D eigenvalue weighted by Gasteiger charge is 2.18. The van der Waals surface area contributed by atoms with Crippen molar-refractivity contribution in [2.45, 2.75) is 6.92 Å². The van der Waals surface area contributed by atoms with Gasteiger partial charge >= 0.3 is 0 Å². The molecule has 2 N–H and O–H groups in total. The van der Waals surface area contributed by atoms with Gasteiger partial charge in [0.2, 0.25) is 0 Å². The van der Waals surface area contributed by atoms with Crippen molar-refractivity contribution in [3.05, 3.63) is 104 Å². The van der Waals surface area contributed by atoms with Crippen LogP contribution in [0.3, 0.4) is 0 Å². The minimum Gasteiger partial charge on any atom is -0.496 e. The number of amides is 2. The fraction of sp³-hybridized carbons (Fsp3) is 0.0833. The summed E-state index contributed by atoms with van der Waals surface area (Å²) in [5, 5.41) is 16.3. The van der Waals surface area contributed by atoms with E-state index in [1.807, 2.05) is 6.92 Å². The lowest BCUT2D eigenvalue weighted by atomic mass is 10.1. The van der Waals surface area contributed by atoms with Crippen molar-refractivity contribution in [3.63, 3.8) is 0 Å². The molecule has 3 aromatic carbocycles. The van der Waals surface area contributed by atoms with E-state index in [2.05, 4.69) is 26.6 Å². The Hall–Kier alpha value is -3.98. The fourth-order valence-electron chi connectivity index (χ4n) is 2.96. The number of nitrogens with zero attached hydrogens (tertiary/aromatic N) is 1. The summed E-state index contributed by atoms with van der Waals surface area (Å²) >= 11 is 3.42. The molecule has 9 heteroatoms. The summed E-state index contributed by atoms with van der Waals surface area (Å²) in [7, 11) is 1.45. The van der Waals surface area contributed by atoms with Crippen molar-refractivity contribution in [1.82, 2.24) is 5.32 Å². The van der Waals surface area contributed by atoms with Gasteiger partial charge in [-0.1, -0.05) is 28.1 Å². The summed E-state index contributed by atoms with van der Waals surface area (Å²) in [6.07, 6.45) is 1.44. The smallest absolute Gasteiger partial charge is 0.272 e. The molecule has 168 valence electrons. The normalized spacial score (nSPS) is 10.9. The Kier molecular flexibility index (Phi) is 7.57. The molecule has 3 rings (SSSR count). The average molecular weight is 510 g/mol. The van der Waals surface area contributed by atoms with E-state index in [1.165, 1.54) is 37.5 Å². The molecule has 0 aliphatic rings. The topological polar surface area (TPSA) is 111 Å². The molecule has 0 saturated carbocycles. The second-order valence-electron chi connectivity index (χ2n) is 6.98. The highest BCUT2D eigenvalue weighted by Crippen LogP contribution is 2.22. The van der Waals surface area contributed by atoms with Crippen molar-refractivity contribution >= 4 is 45.2 Å². The molecule has 0 spiro atoms. The zero-order valence-electron chi connectivity index (χ0n) is 17.8. The van der Waals surface area contributed by atoms with Crippen LogP contribution in [0.2, 0.25) is 0 Å². The second-order valence-corrected chi connectivity index (χ2v) is 7.83. The predicted octanol–water partition coefficient (Wildman–Crippen LogP) is 5.08. The number of aryl methyl sites for hydroxylation is 1. The molecule has 33 heavy (non-hydrogen) atoms. The molecule has 2 amide bonds. The number of nitrogens with one attached hydrogen (secondary N) is 2. The molecule has 0 aromatic heterocycles. The van der Waals surface area contributed by atoms with Gasteiger partial charge in [0.1, 0.15) is 11.4 Å². The number of halogens is 1. The van der Waals surface area contributed by atoms with Gasteiger partial charge in [0.15, 0.2) is 0 Å². The van der Waals surface area contributed by atoms with Crippen molar-refractivity contribution in [2.75, 3.05) is 12.4 Å². The maximum Gasteiger partial charge on any atom is 0.272 e. The molecule has 0 heterocycles. The molecule has 0 aliphatic heterocycles. The van der Waals surface area contributed by atoms with Gasteiger partial charge in [-0.2, -0.15) is 0 Å². The number of non-ortho nitro benzene ring substituents is 1. The first-order valence-corrected chi connectivity index (χ1v) is 10.6. The largest absolute Gasteiger partial charge is 0.496 e. The van der Waals surface area contributed by atoms with Crippen LogP contribution in [-0.2, 0) is 4.79 Å². The number of carbonyl (C=O) groups is 2. The van der Waals surface area contributed by atoms with Gasteiger partial charge in [-0.25, -0.2) is 0 Å². The van der Waals surface area contributed by atoms with E-state index in [-0.39, 0.29) is 16.9 Å². The monoisotopic (exact) mass is 509 g/mol. The van der Waals surface area contributed by atoms with Crippen LogP contribution in [0.5, 0.6) is 5.75 Å². The lowest BCUT2D eigenvalue weighted by Gasteiger charge is -2.13. The molecular weight excluding hydrogens is 490 g/mol. The lowest BCUT2D eigenvalue weighted by Crippen LogP contribution is -2.31. The van der Waals surface area contributed by atoms with Gasteiger partial charge < -0.3 is 15.4 Å². The summed E-state index contributed by atoms with van der Waals surface area (Å²) in [5.41, 5.74) is 2.09. The van der Waals surface area contributed by atoms with Crippen LogP contribution >= 0.6 is 15.9 Å². The molecule has 0 unspecified atom stereocenters. The van der Waals surface area contributed by atoms with Gasteiger partial charge in [-0.15, -0.1) is 0 Å². The molecule has 0 saturated heterocycles. The van der Waals surface area contributed by atoms with Gasteiger partial charge in [-0.3, -0.25) is 19.7 Å². The summed E-state index contributed by atoms with van der Waals surface area (Å²) in [5.74, 6) is -0.741. The fourth-order valence-corrected chi connectivity index (χ4v) is 3.21. The third kappa shape index (κ3) is 6.05. The summed E-state index contributed by atoms with van der Waals surface area (Å²) in [6, 6.07) is 17.6. The van der Waals surface area contributed by atoms with Gasteiger partial charge in [0.25, 0.3) is 17.5 Å². The van der Waals surface area contributed by atoms with Crippen LogP contribution in [0.15, 0.2) is 76.9 Å². The van der Waals surface area contributed by atoms with E-state index in [1.54, 1.807) is 42.5 Å². The number of anilines is 1. The molecule has 8 nitrogen and oxygen atoms in total. The molecule has 0 fully saturated rings. The number of hydrogen-bond donors (Lipinski definition) is 2. The van der Waals surface area contributed by atoms with E-state index in [4.69, 9.17) is 4.74 Å². The maximum atomic E-state index is 13.1. The Morgan fingerprint density at radius 3 is 2.39 bits per heavy atom. The lowest BCUT2D eigenvalue weighted by molar-refractivity contribution is -0.384. The Labute approximate surface area is 198 Å². The molecule has 0 radical (unpaired) electrons. The van der Waals surface area contributed by atoms with Crippen molar-refractivity contribution in [1.29, 1.82) is 0 Å². The molecule has 0 atom stereocenters. The van der Waals surface area contributed by atoms with Crippen molar-refractivity contribution < 1.29 is 19.2 Å². The first kappa shape index (κ1) is 23.7. The number of para-hydroxylation sites is 1. The summed E-state index contributed by atoms with van der Waals surface area (Å²) in [6.45, 7) is 1.89.